The number of carbonyl (C=O) groups excluding carboxylic acids is 1. The summed E-state index contributed by atoms with van der Waals surface area (Å²) >= 11 is 0. The number of rotatable bonds is 2. The van der Waals surface area contributed by atoms with E-state index in [1.807, 2.05) is 19.0 Å². The number of carbonyl (C=O) groups is 2. The number of carboxylic acid groups (broad SMARTS) is 1. The van der Waals surface area contributed by atoms with Crippen LogP contribution in [0.3, 0.4) is 0 Å². The van der Waals surface area contributed by atoms with Crippen molar-refractivity contribution in [1.82, 2.24) is 9.80 Å². The van der Waals surface area contributed by atoms with Gasteiger partial charge in [0.05, 0.1) is 0 Å². The lowest BCUT2D eigenvalue weighted by molar-refractivity contribution is -0.145. The van der Waals surface area contributed by atoms with Crippen LogP contribution < -0.4 is 0 Å². The van der Waals surface area contributed by atoms with Crippen molar-refractivity contribution in [1.29, 1.82) is 0 Å². The average molecular weight is 272 g/mol. The maximum Gasteiger partial charge on any atom is 0.411 e. The smallest absolute Gasteiger partial charge is 0.411 e. The molecule has 1 aliphatic heterocycles. The SMILES string of the molecule is CN(C)C1CCC(C(=O)O)N(C(=O)OC(C)(C)C)C1. The molecule has 6 heteroatoms. The number of aliphatic carboxylic acids is 1. The zero-order valence-corrected chi connectivity index (χ0v) is 12.3. The number of likely N-dealkylation sites (N-methyl/N-ethyl adjacent to an activating group) is 1. The summed E-state index contributed by atoms with van der Waals surface area (Å²) in [7, 11) is 3.86. The minimum absolute atomic E-state index is 0.170. The first-order valence-electron chi connectivity index (χ1n) is 6.50. The molecule has 1 N–H and O–H groups in total. The molecule has 0 aromatic rings. The lowest BCUT2D eigenvalue weighted by Crippen LogP contribution is -2.56. The van der Waals surface area contributed by atoms with Gasteiger partial charge in [-0.3, -0.25) is 4.90 Å². The first kappa shape index (κ1) is 15.8. The first-order valence-corrected chi connectivity index (χ1v) is 6.50. The third-order valence-corrected chi connectivity index (χ3v) is 3.20. The number of likely N-dealkylation sites (tertiary alicyclic amines) is 1. The molecule has 0 aromatic carbocycles. The summed E-state index contributed by atoms with van der Waals surface area (Å²) in [5.74, 6) is -0.969. The predicted octanol–water partition coefficient (Wildman–Crippen LogP) is 1.40. The summed E-state index contributed by atoms with van der Waals surface area (Å²) in [6, 6.07) is -0.617. The zero-order valence-electron chi connectivity index (χ0n) is 12.3. The summed E-state index contributed by atoms with van der Waals surface area (Å²) < 4.78 is 5.29. The Bertz CT molecular complexity index is 349. The standard InChI is InChI=1S/C13H24N2O4/c1-13(2,3)19-12(18)15-8-9(14(4)5)6-7-10(15)11(16)17/h9-10H,6-8H2,1-5H3,(H,16,17). The Balaban J connectivity index is 2.82. The highest BCUT2D eigenvalue weighted by Crippen LogP contribution is 2.22. The molecule has 1 fully saturated rings. The van der Waals surface area contributed by atoms with Crippen molar-refractivity contribution in [2.45, 2.75) is 51.3 Å². The van der Waals surface area contributed by atoms with E-state index in [1.165, 1.54) is 4.90 Å². The van der Waals surface area contributed by atoms with Crippen molar-refractivity contribution in [3.05, 3.63) is 0 Å². The molecule has 1 rings (SSSR count). The van der Waals surface area contributed by atoms with Gasteiger partial charge in [0.2, 0.25) is 0 Å². The van der Waals surface area contributed by atoms with Crippen LogP contribution in [0.5, 0.6) is 0 Å². The van der Waals surface area contributed by atoms with Crippen LogP contribution in [0.1, 0.15) is 33.6 Å². The average Bonchev–Trinajstić information content (AvgIpc) is 2.25. The van der Waals surface area contributed by atoms with Crippen LogP contribution in [0.15, 0.2) is 0 Å². The van der Waals surface area contributed by atoms with Crippen LogP contribution >= 0.6 is 0 Å². The Hall–Kier alpha value is -1.30. The Morgan fingerprint density at radius 3 is 2.26 bits per heavy atom. The molecule has 1 saturated heterocycles. The number of ether oxygens (including phenoxy) is 1. The molecule has 1 heterocycles. The predicted molar refractivity (Wildman–Crippen MR) is 71.1 cm³/mol. The number of amides is 1. The molecule has 0 bridgehead atoms. The molecule has 19 heavy (non-hydrogen) atoms. The van der Waals surface area contributed by atoms with E-state index in [4.69, 9.17) is 4.74 Å². The molecule has 0 aromatic heterocycles. The van der Waals surface area contributed by atoms with Crippen LogP contribution in [-0.2, 0) is 9.53 Å². The van der Waals surface area contributed by atoms with Crippen molar-refractivity contribution in [2.24, 2.45) is 0 Å². The molecule has 1 amide bonds. The van der Waals surface area contributed by atoms with E-state index in [9.17, 15) is 14.7 Å². The highest BCUT2D eigenvalue weighted by atomic mass is 16.6. The normalized spacial score (nSPS) is 24.4. The Labute approximate surface area is 114 Å². The molecule has 2 unspecified atom stereocenters. The quantitative estimate of drug-likeness (QED) is 0.823. The Morgan fingerprint density at radius 2 is 1.84 bits per heavy atom. The van der Waals surface area contributed by atoms with E-state index in [-0.39, 0.29) is 6.04 Å². The number of carboxylic acids is 1. The maximum atomic E-state index is 12.1. The van der Waals surface area contributed by atoms with Gasteiger partial charge in [-0.05, 0) is 47.7 Å². The third-order valence-electron chi connectivity index (χ3n) is 3.20. The van der Waals surface area contributed by atoms with E-state index in [0.29, 0.717) is 13.0 Å². The lowest BCUT2D eigenvalue weighted by atomic mass is 9.98. The summed E-state index contributed by atoms with van der Waals surface area (Å²) in [5.41, 5.74) is -0.620. The number of piperidine rings is 1. The maximum absolute atomic E-state index is 12.1. The van der Waals surface area contributed by atoms with Crippen LogP contribution in [-0.4, -0.2) is 65.3 Å². The monoisotopic (exact) mass is 272 g/mol. The Morgan fingerprint density at radius 1 is 1.26 bits per heavy atom. The van der Waals surface area contributed by atoms with E-state index in [1.54, 1.807) is 20.8 Å². The molecule has 0 radical (unpaired) electrons. The lowest BCUT2D eigenvalue weighted by Gasteiger charge is -2.40. The zero-order chi connectivity index (χ0) is 14.8. The van der Waals surface area contributed by atoms with Gasteiger partial charge in [-0.1, -0.05) is 0 Å². The van der Waals surface area contributed by atoms with Crippen molar-refractivity contribution in [2.75, 3.05) is 20.6 Å². The fraction of sp³-hybridized carbons (Fsp3) is 0.846. The topological polar surface area (TPSA) is 70.1 Å². The second-order valence-electron chi connectivity index (χ2n) is 6.18. The summed E-state index contributed by atoms with van der Waals surface area (Å²) in [4.78, 5) is 26.7. The molecular weight excluding hydrogens is 248 g/mol. The van der Waals surface area contributed by atoms with Crippen LogP contribution in [0.4, 0.5) is 4.79 Å². The van der Waals surface area contributed by atoms with Gasteiger partial charge in [0.1, 0.15) is 11.6 Å². The van der Waals surface area contributed by atoms with Crippen LogP contribution in [0.25, 0.3) is 0 Å². The van der Waals surface area contributed by atoms with E-state index < -0.39 is 23.7 Å². The number of hydrogen-bond donors (Lipinski definition) is 1. The van der Waals surface area contributed by atoms with Gasteiger partial charge < -0.3 is 14.7 Å². The molecule has 0 spiro atoms. The summed E-state index contributed by atoms with van der Waals surface area (Å²) in [6.45, 7) is 5.70. The molecule has 0 saturated carbocycles. The second kappa shape index (κ2) is 5.77. The molecular formula is C13H24N2O4. The first-order chi connectivity index (χ1) is 8.61. The molecule has 6 nitrogen and oxygen atoms in total. The van der Waals surface area contributed by atoms with Gasteiger partial charge in [-0.15, -0.1) is 0 Å². The summed E-state index contributed by atoms with van der Waals surface area (Å²) in [6.07, 6.45) is 0.673. The van der Waals surface area contributed by atoms with Gasteiger partial charge in [-0.25, -0.2) is 9.59 Å². The minimum atomic E-state index is -0.969. The fourth-order valence-corrected chi connectivity index (χ4v) is 2.15. The largest absolute Gasteiger partial charge is 0.480 e. The fourth-order valence-electron chi connectivity index (χ4n) is 2.15. The van der Waals surface area contributed by atoms with E-state index in [2.05, 4.69) is 0 Å². The minimum Gasteiger partial charge on any atom is -0.480 e. The van der Waals surface area contributed by atoms with Gasteiger partial charge in [0, 0.05) is 12.6 Å². The molecule has 0 aliphatic carbocycles. The Kier molecular flexibility index (Phi) is 4.79. The third kappa shape index (κ3) is 4.38. The van der Waals surface area contributed by atoms with Gasteiger partial charge in [0.25, 0.3) is 0 Å². The van der Waals surface area contributed by atoms with Gasteiger partial charge >= 0.3 is 12.1 Å². The second-order valence-corrected chi connectivity index (χ2v) is 6.18. The van der Waals surface area contributed by atoms with Crippen LogP contribution in [0.2, 0.25) is 0 Å². The van der Waals surface area contributed by atoms with E-state index >= 15 is 0 Å². The van der Waals surface area contributed by atoms with Crippen molar-refractivity contribution < 1.29 is 19.4 Å². The molecule has 110 valence electrons. The number of nitrogens with zero attached hydrogens (tertiary/aromatic N) is 2. The van der Waals surface area contributed by atoms with E-state index in [0.717, 1.165) is 6.42 Å². The molecule has 2 atom stereocenters. The highest BCUT2D eigenvalue weighted by Gasteiger charge is 2.38. The molecule has 1 aliphatic rings. The number of hydrogen-bond acceptors (Lipinski definition) is 4. The van der Waals surface area contributed by atoms with Crippen molar-refractivity contribution in [3.63, 3.8) is 0 Å². The van der Waals surface area contributed by atoms with Crippen molar-refractivity contribution >= 4 is 12.1 Å². The van der Waals surface area contributed by atoms with Gasteiger partial charge in [0.15, 0.2) is 0 Å². The van der Waals surface area contributed by atoms with Crippen LogP contribution in [0, 0.1) is 0 Å². The summed E-state index contributed by atoms with van der Waals surface area (Å²) in [5, 5.41) is 9.22. The van der Waals surface area contributed by atoms with Gasteiger partial charge in [-0.2, -0.15) is 0 Å². The highest BCUT2D eigenvalue weighted by molar-refractivity contribution is 5.80. The van der Waals surface area contributed by atoms with Crippen molar-refractivity contribution in [3.8, 4) is 0 Å².